The number of fused-ring (bicyclic) bond motifs is 1. The molecule has 7 heteroatoms. The lowest BCUT2D eigenvalue weighted by Crippen LogP contribution is -2.25. The van der Waals surface area contributed by atoms with Crippen LogP contribution >= 0.6 is 12.2 Å². The Morgan fingerprint density at radius 3 is 2.85 bits per heavy atom. The number of carbonyl (C=O) groups excluding carboxylic acids is 1. The van der Waals surface area contributed by atoms with Gasteiger partial charge in [0, 0.05) is 26.1 Å². The van der Waals surface area contributed by atoms with Gasteiger partial charge >= 0.3 is 0 Å². The zero-order valence-electron chi connectivity index (χ0n) is 12.2. The van der Waals surface area contributed by atoms with Crippen LogP contribution in [0.5, 0.6) is 0 Å². The van der Waals surface area contributed by atoms with E-state index in [1.807, 2.05) is 30.0 Å². The number of nitrogens with one attached hydrogen (secondary N) is 2. The van der Waals surface area contributed by atoms with Crippen molar-refractivity contribution in [1.29, 1.82) is 0 Å². The van der Waals surface area contributed by atoms with Crippen LogP contribution in [0.3, 0.4) is 0 Å². The van der Waals surface area contributed by atoms with Gasteiger partial charge < -0.3 is 14.9 Å². The molecule has 0 atom stereocenters. The van der Waals surface area contributed by atoms with E-state index in [1.165, 1.54) is 0 Å². The van der Waals surface area contributed by atoms with Gasteiger partial charge in [0.25, 0.3) is 0 Å². The van der Waals surface area contributed by atoms with Crippen LogP contribution in [0, 0.1) is 11.7 Å². The molecule has 0 bridgehead atoms. The number of hydrogen-bond donors (Lipinski definition) is 2. The van der Waals surface area contributed by atoms with Crippen molar-refractivity contribution < 1.29 is 4.79 Å². The highest BCUT2D eigenvalue weighted by Gasteiger charge is 2.14. The maximum Gasteiger partial charge on any atom is 0.221 e. The Labute approximate surface area is 123 Å². The largest absolute Gasteiger partial charge is 0.356 e. The lowest BCUT2D eigenvalue weighted by Gasteiger charge is -2.06. The van der Waals surface area contributed by atoms with Crippen molar-refractivity contribution in [3.8, 4) is 0 Å². The zero-order valence-corrected chi connectivity index (χ0v) is 13.0. The fraction of sp³-hybridized carbons (Fsp3) is 0.615. The van der Waals surface area contributed by atoms with Crippen LogP contribution in [0.2, 0.25) is 0 Å². The van der Waals surface area contributed by atoms with E-state index in [2.05, 4.69) is 15.4 Å². The average Bonchev–Trinajstić information content (AvgIpc) is 2.91. The topological polar surface area (TPSA) is 67.6 Å². The number of carbonyl (C=O) groups is 1. The molecule has 20 heavy (non-hydrogen) atoms. The molecule has 6 nitrogen and oxygen atoms in total. The molecule has 2 N–H and O–H groups in total. The number of imidazole rings is 1. The highest BCUT2D eigenvalue weighted by molar-refractivity contribution is 7.71. The Hall–Kier alpha value is -1.63. The van der Waals surface area contributed by atoms with Crippen molar-refractivity contribution >= 4 is 29.3 Å². The molecule has 0 aromatic carbocycles. The fourth-order valence-electron chi connectivity index (χ4n) is 2.25. The molecule has 0 aliphatic rings. The van der Waals surface area contributed by atoms with Crippen LogP contribution < -0.4 is 5.32 Å². The quantitative estimate of drug-likeness (QED) is 0.802. The van der Waals surface area contributed by atoms with E-state index in [4.69, 9.17) is 12.2 Å². The van der Waals surface area contributed by atoms with E-state index in [0.29, 0.717) is 17.7 Å². The minimum atomic E-state index is 0.0578. The number of rotatable bonds is 6. The molecule has 0 radical (unpaired) electrons. The summed E-state index contributed by atoms with van der Waals surface area (Å²) in [6.07, 6.45) is 1.37. The third-order valence-corrected chi connectivity index (χ3v) is 3.59. The number of hydrogen-bond acceptors (Lipinski definition) is 3. The van der Waals surface area contributed by atoms with Gasteiger partial charge in [-0.15, -0.1) is 0 Å². The van der Waals surface area contributed by atoms with Gasteiger partial charge in [-0.3, -0.25) is 4.79 Å². The number of aromatic nitrogens is 4. The molecule has 2 rings (SSSR count). The van der Waals surface area contributed by atoms with Crippen molar-refractivity contribution in [2.45, 2.75) is 46.7 Å². The standard InChI is InChI=1S/C13H21N5OS/c1-4-7-14-10(19)6-8-17-12-11(15-13(17)20)9(3)16-18(12)5-2/h4-8H2,1-3H3,(H,14,19)(H,15,20). The van der Waals surface area contributed by atoms with Gasteiger partial charge in [0.05, 0.1) is 5.69 Å². The highest BCUT2D eigenvalue weighted by Crippen LogP contribution is 2.18. The molecule has 0 unspecified atom stereocenters. The second-order valence-electron chi connectivity index (χ2n) is 4.78. The molecular weight excluding hydrogens is 274 g/mol. The van der Waals surface area contributed by atoms with Crippen LogP contribution in [-0.2, 0) is 17.9 Å². The van der Waals surface area contributed by atoms with E-state index in [9.17, 15) is 4.79 Å². The van der Waals surface area contributed by atoms with Gasteiger partial charge in [-0.25, -0.2) is 4.68 Å². The van der Waals surface area contributed by atoms with Gasteiger partial charge in [-0.2, -0.15) is 5.10 Å². The summed E-state index contributed by atoms with van der Waals surface area (Å²) in [5.74, 6) is 0.0578. The third kappa shape index (κ3) is 2.77. The minimum absolute atomic E-state index is 0.0578. The van der Waals surface area contributed by atoms with Crippen molar-refractivity contribution in [3.63, 3.8) is 0 Å². The number of amides is 1. The first-order chi connectivity index (χ1) is 9.58. The predicted molar refractivity (Wildman–Crippen MR) is 81.2 cm³/mol. The minimum Gasteiger partial charge on any atom is -0.356 e. The summed E-state index contributed by atoms with van der Waals surface area (Å²) >= 11 is 5.35. The molecule has 1 amide bonds. The van der Waals surface area contributed by atoms with Crippen LogP contribution in [0.4, 0.5) is 0 Å². The molecule has 0 saturated carbocycles. The van der Waals surface area contributed by atoms with Gasteiger partial charge in [-0.1, -0.05) is 6.92 Å². The maximum absolute atomic E-state index is 11.7. The Morgan fingerprint density at radius 2 is 2.20 bits per heavy atom. The lowest BCUT2D eigenvalue weighted by molar-refractivity contribution is -0.121. The lowest BCUT2D eigenvalue weighted by atomic mass is 10.3. The monoisotopic (exact) mass is 295 g/mol. The summed E-state index contributed by atoms with van der Waals surface area (Å²) in [6, 6.07) is 0. The van der Waals surface area contributed by atoms with Gasteiger partial charge in [-0.05, 0) is 32.5 Å². The molecule has 2 aromatic heterocycles. The fourth-order valence-corrected chi connectivity index (χ4v) is 2.53. The zero-order chi connectivity index (χ0) is 14.7. The summed E-state index contributed by atoms with van der Waals surface area (Å²) in [7, 11) is 0. The molecular formula is C13H21N5OS. The average molecular weight is 295 g/mol. The van der Waals surface area contributed by atoms with Crippen LogP contribution in [0.1, 0.15) is 32.4 Å². The van der Waals surface area contributed by atoms with Crippen molar-refractivity contribution in [3.05, 3.63) is 10.5 Å². The summed E-state index contributed by atoms with van der Waals surface area (Å²) in [6.45, 7) is 8.10. The number of nitrogens with zero attached hydrogens (tertiary/aromatic N) is 3. The molecule has 0 fully saturated rings. The molecule has 2 heterocycles. The number of H-pyrrole nitrogens is 1. The van der Waals surface area contributed by atoms with Crippen molar-refractivity contribution in [2.75, 3.05) is 6.54 Å². The van der Waals surface area contributed by atoms with Crippen molar-refractivity contribution in [1.82, 2.24) is 24.6 Å². The Bertz CT molecular complexity index is 666. The number of aryl methyl sites for hydroxylation is 3. The second kappa shape index (κ2) is 6.21. The van der Waals surface area contributed by atoms with Crippen LogP contribution in [0.25, 0.3) is 11.2 Å². The Morgan fingerprint density at radius 1 is 1.45 bits per heavy atom. The van der Waals surface area contributed by atoms with E-state index in [0.717, 1.165) is 36.4 Å². The third-order valence-electron chi connectivity index (χ3n) is 3.27. The van der Waals surface area contributed by atoms with E-state index in [1.54, 1.807) is 0 Å². The first-order valence-electron chi connectivity index (χ1n) is 7.01. The van der Waals surface area contributed by atoms with E-state index < -0.39 is 0 Å². The normalized spacial score (nSPS) is 11.2. The second-order valence-corrected chi connectivity index (χ2v) is 5.17. The molecule has 0 aliphatic carbocycles. The van der Waals surface area contributed by atoms with Crippen LogP contribution in [-0.4, -0.2) is 31.8 Å². The molecule has 0 aliphatic heterocycles. The van der Waals surface area contributed by atoms with E-state index >= 15 is 0 Å². The first kappa shape index (κ1) is 14.8. The van der Waals surface area contributed by atoms with Gasteiger partial charge in [0.2, 0.25) is 5.91 Å². The maximum atomic E-state index is 11.7. The molecule has 0 saturated heterocycles. The smallest absolute Gasteiger partial charge is 0.221 e. The van der Waals surface area contributed by atoms with E-state index in [-0.39, 0.29) is 5.91 Å². The molecule has 110 valence electrons. The first-order valence-corrected chi connectivity index (χ1v) is 7.41. The summed E-state index contributed by atoms with van der Waals surface area (Å²) < 4.78 is 4.52. The van der Waals surface area contributed by atoms with Gasteiger partial charge in [0.15, 0.2) is 10.4 Å². The molecule has 0 spiro atoms. The molecule has 2 aromatic rings. The summed E-state index contributed by atoms with van der Waals surface area (Å²) in [4.78, 5) is 14.9. The highest BCUT2D eigenvalue weighted by atomic mass is 32.1. The summed E-state index contributed by atoms with van der Waals surface area (Å²) in [5.41, 5.74) is 2.87. The Kier molecular flexibility index (Phi) is 4.59. The Balaban J connectivity index is 2.23. The van der Waals surface area contributed by atoms with Crippen LogP contribution in [0.15, 0.2) is 0 Å². The SMILES string of the molecule is CCCNC(=O)CCn1c(=S)[nH]c2c(C)nn(CC)c21. The predicted octanol–water partition coefficient (Wildman–Crippen LogP) is 2.14. The number of aromatic amines is 1. The van der Waals surface area contributed by atoms with Gasteiger partial charge in [0.1, 0.15) is 5.52 Å². The van der Waals surface area contributed by atoms with Crippen molar-refractivity contribution in [2.24, 2.45) is 0 Å². The summed E-state index contributed by atoms with van der Waals surface area (Å²) in [5, 5.41) is 7.34.